The average Bonchev–Trinajstić information content (AvgIpc) is 1.56. The van der Waals surface area contributed by atoms with Crippen LogP contribution in [-0.2, 0) is 10.8 Å². The summed E-state index contributed by atoms with van der Waals surface area (Å²) in [5.74, 6) is 2.18. The number of anilines is 1. The van der Waals surface area contributed by atoms with E-state index in [1.54, 1.807) is 0 Å². The topological polar surface area (TPSA) is 123 Å². The van der Waals surface area contributed by atoms with Gasteiger partial charge in [0.25, 0.3) is 0 Å². The fourth-order valence-corrected chi connectivity index (χ4v) is 13.1. The number of benzene rings is 14. The van der Waals surface area contributed by atoms with Crippen molar-refractivity contribution in [1.82, 2.24) is 20.3 Å². The van der Waals surface area contributed by atoms with Gasteiger partial charge >= 0.3 is 0 Å². The van der Waals surface area contributed by atoms with Crippen molar-refractivity contribution in [3.63, 3.8) is 0 Å². The number of aromatic nitrogens is 3. The lowest BCUT2D eigenvalue weighted by Crippen LogP contribution is -2.28. The van der Waals surface area contributed by atoms with Crippen molar-refractivity contribution in [1.29, 1.82) is 0 Å². The Balaban J connectivity index is 0.000000351. The van der Waals surface area contributed by atoms with E-state index in [9.17, 15) is 0 Å². The van der Waals surface area contributed by atoms with Gasteiger partial charge in [-0.3, -0.25) is 0 Å². The summed E-state index contributed by atoms with van der Waals surface area (Å²) in [4.78, 5) is 12.2. The molecule has 0 saturated heterocycles. The Morgan fingerprint density at radius 1 is 0.235 bits per heavy atom. The second-order valence-electron chi connectivity index (χ2n) is 26.0. The van der Waals surface area contributed by atoms with Crippen molar-refractivity contribution in [2.75, 3.05) is 46.8 Å². The molecule has 0 saturated carbocycles. The highest BCUT2D eigenvalue weighted by atomic mass is 16.2. The molecule has 115 heavy (non-hydrogen) atoms. The molecule has 8 nitrogen and oxygen atoms in total. The van der Waals surface area contributed by atoms with Crippen molar-refractivity contribution in [2.45, 2.75) is 133 Å². The number of nitrogens with one attached hydrogen (secondary N) is 2. The monoisotopic (exact) mass is 1530 g/mol. The maximum absolute atomic E-state index is 7.00. The van der Waals surface area contributed by atoms with E-state index in [1.807, 2.05) is 41.7 Å². The summed E-state index contributed by atoms with van der Waals surface area (Å²) in [6.07, 6.45) is 5.00. The van der Waals surface area contributed by atoms with Crippen LogP contribution in [0.15, 0.2) is 364 Å². The van der Waals surface area contributed by atoms with Crippen LogP contribution in [0.5, 0.6) is 0 Å². The molecular weight excluding hydrogens is 1400 g/mol. The molecule has 8 heteroatoms. The van der Waals surface area contributed by atoms with Gasteiger partial charge in [0, 0.05) is 27.9 Å². The molecule has 0 unspecified atom stereocenters. The van der Waals surface area contributed by atoms with Gasteiger partial charge in [-0.25, -0.2) is 4.98 Å². The summed E-state index contributed by atoms with van der Waals surface area (Å²) in [5, 5.41) is 34.8. The summed E-state index contributed by atoms with van der Waals surface area (Å²) in [7, 11) is 4.93. The van der Waals surface area contributed by atoms with Gasteiger partial charge in [0.05, 0.1) is 10.8 Å². The molecule has 602 valence electrons. The molecule has 14 aromatic carbocycles. The van der Waals surface area contributed by atoms with Crippen molar-refractivity contribution < 1.29 is 15.3 Å². The molecule has 1 heterocycles. The third kappa shape index (κ3) is 28.5. The highest BCUT2D eigenvalue weighted by Crippen LogP contribution is 2.57. The van der Waals surface area contributed by atoms with Crippen LogP contribution < -0.4 is 10.6 Å². The molecule has 17 rings (SSSR count). The Morgan fingerprint density at radius 2 is 0.391 bits per heavy atom. The molecule has 0 atom stereocenters. The number of rotatable bonds is 7. The molecule has 15 aromatic rings. The minimum atomic E-state index is -0.254. The van der Waals surface area contributed by atoms with Crippen LogP contribution in [0.3, 0.4) is 0 Å². The fourth-order valence-electron chi connectivity index (χ4n) is 13.1. The molecular formula is C107H131N5O3. The zero-order valence-electron chi connectivity index (χ0n) is 72.1. The molecule has 2 aliphatic carbocycles. The van der Waals surface area contributed by atoms with Gasteiger partial charge in [-0.1, -0.05) is 466 Å². The minimum Gasteiger partial charge on any atom is -0.400 e. The Labute approximate surface area is 692 Å². The summed E-state index contributed by atoms with van der Waals surface area (Å²) < 4.78 is 0. The summed E-state index contributed by atoms with van der Waals surface area (Å²) in [5.41, 5.74) is 15.6. The molecule has 0 bridgehead atoms. The SMILES string of the molecule is CC.CCC.CCC.CCC.CCC.CCNC.CCNc1nc(C)nc(C)n1.CO.CO.CO.c1ccc(C2(c3ccccc3)c3ccccc3-c3ccccc32)cc1.c1ccc(C2(c3ccccc3)c3ccccc3-c3ccccc32)cc1.c1ccc2ccccc2c1.c1ccc2ccccc2c1.c1ccc2ccccc2c1. The lowest BCUT2D eigenvalue weighted by atomic mass is 9.68. The minimum absolute atomic E-state index is 0.254. The first-order valence-corrected chi connectivity index (χ1v) is 40.9. The van der Waals surface area contributed by atoms with Gasteiger partial charge in [-0.15, -0.1) is 0 Å². The lowest BCUT2D eigenvalue weighted by Gasteiger charge is -2.33. The summed E-state index contributed by atoms with van der Waals surface area (Å²) in [6, 6.07) is 129. The van der Waals surface area contributed by atoms with Gasteiger partial charge in [-0.05, 0) is 133 Å². The predicted octanol–water partition coefficient (Wildman–Crippen LogP) is 27.3. The normalized spacial score (nSPS) is 10.7. The van der Waals surface area contributed by atoms with Crippen LogP contribution in [0.25, 0.3) is 54.6 Å². The molecule has 2 aliphatic rings. The van der Waals surface area contributed by atoms with Crippen LogP contribution in [-0.4, -0.2) is 71.7 Å². The summed E-state index contributed by atoms with van der Waals surface area (Å²) in [6.45, 7) is 30.7. The Kier molecular flexibility index (Phi) is 49.6. The first-order chi connectivity index (χ1) is 56.5. The third-order valence-corrected chi connectivity index (χ3v) is 17.3. The van der Waals surface area contributed by atoms with Crippen LogP contribution >= 0.6 is 0 Å². The van der Waals surface area contributed by atoms with E-state index in [2.05, 4.69) is 452 Å². The largest absolute Gasteiger partial charge is 0.400 e. The first-order valence-electron chi connectivity index (χ1n) is 40.9. The highest BCUT2D eigenvalue weighted by molar-refractivity contribution is 5.88. The average molecular weight is 1540 g/mol. The number of aliphatic hydroxyl groups is 3. The molecule has 1 aromatic heterocycles. The zero-order valence-corrected chi connectivity index (χ0v) is 72.1. The Hall–Kier alpha value is -11.5. The fraction of sp³-hybridized carbons (Fsp3) is 0.243. The quantitative estimate of drug-likeness (QED) is 0.107. The molecule has 0 aliphatic heterocycles. The second kappa shape index (κ2) is 58.4. The predicted molar refractivity (Wildman–Crippen MR) is 502 cm³/mol. The third-order valence-electron chi connectivity index (χ3n) is 17.3. The second-order valence-corrected chi connectivity index (χ2v) is 26.0. The zero-order chi connectivity index (χ0) is 84.3. The van der Waals surface area contributed by atoms with Gasteiger partial charge in [0.1, 0.15) is 11.6 Å². The molecule has 0 radical (unpaired) electrons. The highest BCUT2D eigenvalue weighted by Gasteiger charge is 2.47. The summed E-state index contributed by atoms with van der Waals surface area (Å²) >= 11 is 0. The number of nitrogens with zero attached hydrogens (tertiary/aromatic N) is 3. The van der Waals surface area contributed by atoms with Crippen LogP contribution in [0.1, 0.15) is 165 Å². The number of aryl methyl sites for hydroxylation is 2. The maximum Gasteiger partial charge on any atom is 0.226 e. The van der Waals surface area contributed by atoms with E-state index in [0.717, 1.165) is 46.1 Å². The number of hydrogen-bond donors (Lipinski definition) is 5. The van der Waals surface area contributed by atoms with E-state index in [1.165, 1.54) is 125 Å². The maximum atomic E-state index is 7.00. The number of aliphatic hydroxyl groups excluding tert-OH is 3. The van der Waals surface area contributed by atoms with E-state index in [-0.39, 0.29) is 10.8 Å². The number of hydrogen-bond acceptors (Lipinski definition) is 8. The van der Waals surface area contributed by atoms with E-state index in [0.29, 0.717) is 5.95 Å². The van der Waals surface area contributed by atoms with Crippen LogP contribution in [0.4, 0.5) is 5.95 Å². The van der Waals surface area contributed by atoms with Crippen molar-refractivity contribution in [3.8, 4) is 22.3 Å². The molecule has 0 spiro atoms. The van der Waals surface area contributed by atoms with Gasteiger partial charge in [0.2, 0.25) is 5.95 Å². The van der Waals surface area contributed by atoms with Gasteiger partial charge < -0.3 is 26.0 Å². The van der Waals surface area contributed by atoms with Crippen LogP contribution in [0, 0.1) is 13.8 Å². The van der Waals surface area contributed by atoms with Crippen molar-refractivity contribution >= 4 is 38.3 Å². The van der Waals surface area contributed by atoms with E-state index in [4.69, 9.17) is 15.3 Å². The molecule has 0 fully saturated rings. The van der Waals surface area contributed by atoms with Gasteiger partial charge in [0.15, 0.2) is 0 Å². The van der Waals surface area contributed by atoms with Crippen molar-refractivity contribution in [2.24, 2.45) is 0 Å². The number of fused-ring (bicyclic) bond motifs is 9. The van der Waals surface area contributed by atoms with E-state index >= 15 is 0 Å². The lowest BCUT2D eigenvalue weighted by molar-refractivity contribution is 0.399. The van der Waals surface area contributed by atoms with Crippen molar-refractivity contribution in [3.05, 3.63) is 420 Å². The van der Waals surface area contributed by atoms with Gasteiger partial charge in [-0.2, -0.15) is 9.97 Å². The smallest absolute Gasteiger partial charge is 0.226 e. The molecule has 0 amide bonds. The van der Waals surface area contributed by atoms with E-state index < -0.39 is 0 Å². The molecule has 5 N–H and O–H groups in total. The Bertz CT molecular complexity index is 4210. The standard InChI is InChI=1S/2C25H18.3C10H8.C7H12N4.C3H9N.4C3H8.C2H6.3CH4O/c2*1-3-11-19(12-4-1)25(20-13-5-2-6-14-20)23-17-9-7-15-21(23)22-16-8-10-18-24(22)25;3*1-2-6-10-8-4-3-7-9(10)5-1;1-4-8-7-10-5(2)9-6(3)11-7;1-3-4-2;4*1-3-2;4*1-2/h2*1-18H;3*1-8H;4H2,1-3H3,(H,8,9,10,11);4H,3H2,1-2H3;4*3H2,1-2H3;1-2H3;3*2H,1H3. The van der Waals surface area contributed by atoms with Crippen LogP contribution in [0.2, 0.25) is 0 Å². The Morgan fingerprint density at radius 3 is 0.557 bits per heavy atom. The first kappa shape index (κ1) is 97.7.